The van der Waals surface area contributed by atoms with Crippen LogP contribution in [0.15, 0.2) is 59.9 Å². The van der Waals surface area contributed by atoms with E-state index < -0.39 is 6.61 Å². The van der Waals surface area contributed by atoms with Crippen LogP contribution in [0.5, 0.6) is 17.2 Å². The van der Waals surface area contributed by atoms with Crippen LogP contribution in [-0.2, 0) is 4.79 Å². The highest BCUT2D eigenvalue weighted by atomic mass is 32.2. The molecule has 0 bridgehead atoms. The topological polar surface area (TPSA) is 82.6 Å². The highest BCUT2D eigenvalue weighted by molar-refractivity contribution is 7.99. The van der Waals surface area contributed by atoms with E-state index in [2.05, 4.69) is 20.0 Å². The fourth-order valence-corrected chi connectivity index (χ4v) is 3.69. The number of aromatic nitrogens is 2. The molecule has 0 aliphatic carbocycles. The molecule has 0 radical (unpaired) electrons. The van der Waals surface area contributed by atoms with Crippen molar-refractivity contribution in [2.24, 2.45) is 0 Å². The number of alkyl halides is 2. The second kappa shape index (κ2) is 11.5. The van der Waals surface area contributed by atoms with Crippen LogP contribution < -0.4 is 19.5 Å². The summed E-state index contributed by atoms with van der Waals surface area (Å²) < 4.78 is 39.6. The molecule has 0 aliphatic rings. The Hall–Kier alpha value is -3.40. The summed E-state index contributed by atoms with van der Waals surface area (Å²) in [5.74, 6) is 1.30. The summed E-state index contributed by atoms with van der Waals surface area (Å²) in [4.78, 5) is 21.1. The Morgan fingerprint density at radius 2 is 1.79 bits per heavy atom. The van der Waals surface area contributed by atoms with Crippen molar-refractivity contribution in [1.82, 2.24) is 15.3 Å². The van der Waals surface area contributed by atoms with E-state index >= 15 is 0 Å². The number of carbonyl (C=O) groups is 1. The summed E-state index contributed by atoms with van der Waals surface area (Å²) in [6.07, 6.45) is 1.58. The zero-order chi connectivity index (χ0) is 23.8. The molecule has 10 heteroatoms. The molecule has 0 aliphatic heterocycles. The summed E-state index contributed by atoms with van der Waals surface area (Å²) in [7, 11) is 3.14. The van der Waals surface area contributed by atoms with Gasteiger partial charge >= 0.3 is 6.61 Å². The molecule has 2 aromatic carbocycles. The molecule has 3 aromatic rings. The SMILES string of the molecule is COc1ccc(OC)c(C(C)NC(=O)CSc2nccc(-c3ccc(OC(F)F)cc3)n2)c1. The average Bonchev–Trinajstić information content (AvgIpc) is 2.82. The van der Waals surface area contributed by atoms with Gasteiger partial charge < -0.3 is 19.5 Å². The van der Waals surface area contributed by atoms with Gasteiger partial charge in [-0.1, -0.05) is 11.8 Å². The van der Waals surface area contributed by atoms with Crippen LogP contribution in [0.1, 0.15) is 18.5 Å². The zero-order valence-electron chi connectivity index (χ0n) is 18.2. The number of ether oxygens (including phenoxy) is 3. The molecular weight excluding hydrogens is 452 g/mol. The molecule has 1 atom stereocenters. The lowest BCUT2D eigenvalue weighted by Gasteiger charge is -2.18. The predicted molar refractivity (Wildman–Crippen MR) is 121 cm³/mol. The smallest absolute Gasteiger partial charge is 0.387 e. The molecule has 1 unspecified atom stereocenters. The molecule has 7 nitrogen and oxygen atoms in total. The van der Waals surface area contributed by atoms with Crippen molar-refractivity contribution in [1.29, 1.82) is 0 Å². The summed E-state index contributed by atoms with van der Waals surface area (Å²) in [5, 5.41) is 3.35. The number of rotatable bonds is 10. The molecule has 1 amide bonds. The van der Waals surface area contributed by atoms with E-state index in [1.165, 1.54) is 23.9 Å². The number of methoxy groups -OCH3 is 2. The first-order valence-corrected chi connectivity index (χ1v) is 10.9. The first-order chi connectivity index (χ1) is 15.9. The summed E-state index contributed by atoms with van der Waals surface area (Å²) in [5.41, 5.74) is 2.11. The molecule has 1 N–H and O–H groups in total. The minimum Gasteiger partial charge on any atom is -0.497 e. The molecule has 0 fully saturated rings. The summed E-state index contributed by atoms with van der Waals surface area (Å²) in [6, 6.07) is 12.9. The number of amides is 1. The summed E-state index contributed by atoms with van der Waals surface area (Å²) in [6.45, 7) is -1.02. The first kappa shape index (κ1) is 24.2. The van der Waals surface area contributed by atoms with Gasteiger partial charge in [-0.2, -0.15) is 8.78 Å². The predicted octanol–water partition coefficient (Wildman–Crippen LogP) is 4.73. The minimum atomic E-state index is -2.88. The molecular formula is C23H23F2N3O4S. The number of thioether (sulfide) groups is 1. The highest BCUT2D eigenvalue weighted by Gasteiger charge is 2.16. The monoisotopic (exact) mass is 475 g/mol. The third kappa shape index (κ3) is 6.79. The lowest BCUT2D eigenvalue weighted by atomic mass is 10.1. The fourth-order valence-electron chi connectivity index (χ4n) is 3.05. The Morgan fingerprint density at radius 1 is 1.06 bits per heavy atom. The number of nitrogens with zero attached hydrogens (tertiary/aromatic N) is 2. The molecule has 1 heterocycles. The van der Waals surface area contributed by atoms with E-state index in [0.717, 1.165) is 5.56 Å². The van der Waals surface area contributed by atoms with Gasteiger partial charge in [-0.25, -0.2) is 9.97 Å². The number of hydrogen-bond acceptors (Lipinski definition) is 7. The van der Waals surface area contributed by atoms with E-state index in [4.69, 9.17) is 9.47 Å². The van der Waals surface area contributed by atoms with Crippen molar-refractivity contribution in [2.75, 3.05) is 20.0 Å². The van der Waals surface area contributed by atoms with Crippen LogP contribution >= 0.6 is 11.8 Å². The van der Waals surface area contributed by atoms with Crippen molar-refractivity contribution in [3.05, 3.63) is 60.3 Å². The standard InChI is InChI=1S/C23H23F2N3O4S/c1-14(18-12-17(30-2)8-9-20(18)31-3)27-21(29)13-33-23-26-11-10-19(28-23)15-4-6-16(7-5-15)32-22(24)25/h4-12,14,22H,13H2,1-3H3,(H,27,29). The van der Waals surface area contributed by atoms with E-state index in [0.29, 0.717) is 27.9 Å². The number of hydrogen-bond donors (Lipinski definition) is 1. The van der Waals surface area contributed by atoms with Gasteiger partial charge in [0, 0.05) is 17.3 Å². The molecule has 174 valence electrons. The van der Waals surface area contributed by atoms with Crippen molar-refractivity contribution in [2.45, 2.75) is 24.7 Å². The van der Waals surface area contributed by atoms with Gasteiger partial charge in [-0.05, 0) is 55.5 Å². The van der Waals surface area contributed by atoms with E-state index in [-0.39, 0.29) is 23.5 Å². The fraction of sp³-hybridized carbons (Fsp3) is 0.261. The Kier molecular flexibility index (Phi) is 8.42. The van der Waals surface area contributed by atoms with Crippen LogP contribution in [0.4, 0.5) is 8.78 Å². The normalized spacial score (nSPS) is 11.7. The molecule has 3 rings (SSSR count). The van der Waals surface area contributed by atoms with Gasteiger partial charge in [0.1, 0.15) is 17.2 Å². The molecule has 0 saturated heterocycles. The lowest BCUT2D eigenvalue weighted by molar-refractivity contribution is -0.119. The van der Waals surface area contributed by atoms with E-state index in [9.17, 15) is 13.6 Å². The number of halogens is 2. The lowest BCUT2D eigenvalue weighted by Crippen LogP contribution is -2.28. The van der Waals surface area contributed by atoms with Gasteiger partial charge in [-0.3, -0.25) is 4.79 Å². The van der Waals surface area contributed by atoms with Crippen molar-refractivity contribution in [3.8, 4) is 28.5 Å². The Labute approximate surface area is 194 Å². The molecule has 1 aromatic heterocycles. The minimum absolute atomic E-state index is 0.0656. The van der Waals surface area contributed by atoms with Gasteiger partial charge in [-0.15, -0.1) is 0 Å². The third-order valence-electron chi connectivity index (χ3n) is 4.62. The second-order valence-corrected chi connectivity index (χ2v) is 7.76. The zero-order valence-corrected chi connectivity index (χ0v) is 19.1. The number of carbonyl (C=O) groups excluding carboxylic acids is 1. The van der Waals surface area contributed by atoms with Crippen LogP contribution in [-0.4, -0.2) is 42.5 Å². The molecule has 0 saturated carbocycles. The average molecular weight is 476 g/mol. The first-order valence-electron chi connectivity index (χ1n) is 9.92. The maximum atomic E-state index is 12.5. The number of nitrogens with one attached hydrogen (secondary N) is 1. The largest absolute Gasteiger partial charge is 0.497 e. The van der Waals surface area contributed by atoms with Gasteiger partial charge in [0.2, 0.25) is 5.91 Å². The van der Waals surface area contributed by atoms with Crippen LogP contribution in [0, 0.1) is 0 Å². The van der Waals surface area contributed by atoms with E-state index in [1.54, 1.807) is 50.7 Å². The van der Waals surface area contributed by atoms with Crippen LogP contribution in [0.3, 0.4) is 0 Å². The van der Waals surface area contributed by atoms with Crippen molar-refractivity contribution < 1.29 is 27.8 Å². The van der Waals surface area contributed by atoms with Gasteiger partial charge in [0.15, 0.2) is 5.16 Å². The quantitative estimate of drug-likeness (QED) is 0.335. The third-order valence-corrected chi connectivity index (χ3v) is 5.48. The number of benzene rings is 2. The second-order valence-electron chi connectivity index (χ2n) is 6.81. The van der Waals surface area contributed by atoms with E-state index in [1.807, 2.05) is 13.0 Å². The van der Waals surface area contributed by atoms with Gasteiger partial charge in [0.05, 0.1) is 31.7 Å². The highest BCUT2D eigenvalue weighted by Crippen LogP contribution is 2.29. The van der Waals surface area contributed by atoms with Crippen LogP contribution in [0.2, 0.25) is 0 Å². The Morgan fingerprint density at radius 3 is 2.45 bits per heavy atom. The maximum absolute atomic E-state index is 12.5. The molecule has 33 heavy (non-hydrogen) atoms. The molecule has 0 spiro atoms. The summed E-state index contributed by atoms with van der Waals surface area (Å²) >= 11 is 1.19. The van der Waals surface area contributed by atoms with Crippen molar-refractivity contribution >= 4 is 17.7 Å². The Bertz CT molecular complexity index is 1080. The van der Waals surface area contributed by atoms with Crippen molar-refractivity contribution in [3.63, 3.8) is 0 Å². The Balaban J connectivity index is 1.61. The maximum Gasteiger partial charge on any atom is 0.387 e. The van der Waals surface area contributed by atoms with Crippen LogP contribution in [0.25, 0.3) is 11.3 Å². The van der Waals surface area contributed by atoms with Gasteiger partial charge in [0.25, 0.3) is 0 Å².